The van der Waals surface area contributed by atoms with Gasteiger partial charge in [-0.2, -0.15) is 4.98 Å². The molecule has 4 heterocycles. The fraction of sp³-hybridized carbons (Fsp3) is 0.300. The van der Waals surface area contributed by atoms with Crippen molar-refractivity contribution >= 4 is 34.0 Å². The molecular formula is C20H22N8. The minimum absolute atomic E-state index is 0.554. The van der Waals surface area contributed by atoms with Crippen LogP contribution in [0.5, 0.6) is 0 Å². The first-order valence-corrected chi connectivity index (χ1v) is 9.60. The average molecular weight is 374 g/mol. The molecule has 8 heteroatoms. The molecule has 3 aromatic heterocycles. The Kier molecular flexibility index (Phi) is 4.25. The molecule has 0 saturated carbocycles. The number of likely N-dealkylation sites (N-methyl/N-ethyl adjacent to an activating group) is 1. The summed E-state index contributed by atoms with van der Waals surface area (Å²) in [6.07, 6.45) is 3.48. The van der Waals surface area contributed by atoms with Crippen LogP contribution in [0.25, 0.3) is 16.7 Å². The van der Waals surface area contributed by atoms with Crippen molar-refractivity contribution in [2.75, 3.05) is 42.9 Å². The van der Waals surface area contributed by atoms with E-state index in [1.54, 1.807) is 6.33 Å². The van der Waals surface area contributed by atoms with Crippen LogP contribution in [0.15, 0.2) is 48.9 Å². The average Bonchev–Trinajstić information content (AvgIpc) is 3.24. The van der Waals surface area contributed by atoms with Gasteiger partial charge in [-0.05, 0) is 42.9 Å². The lowest BCUT2D eigenvalue weighted by Gasteiger charge is -2.35. The number of anilines is 3. The van der Waals surface area contributed by atoms with Crippen molar-refractivity contribution < 1.29 is 0 Å². The summed E-state index contributed by atoms with van der Waals surface area (Å²) in [4.78, 5) is 14.0. The van der Waals surface area contributed by atoms with Gasteiger partial charge in [-0.15, -0.1) is 10.2 Å². The molecule has 4 aromatic rings. The zero-order valence-electron chi connectivity index (χ0n) is 15.8. The quantitative estimate of drug-likeness (QED) is 0.588. The molecule has 1 aliphatic heterocycles. The highest BCUT2D eigenvalue weighted by Crippen LogP contribution is 2.22. The van der Waals surface area contributed by atoms with E-state index in [0.717, 1.165) is 55.1 Å². The third-order valence-electron chi connectivity index (χ3n) is 5.32. The molecule has 0 aliphatic carbocycles. The Morgan fingerprint density at radius 2 is 1.82 bits per heavy atom. The Morgan fingerprint density at radius 3 is 2.61 bits per heavy atom. The molecule has 142 valence electrons. The van der Waals surface area contributed by atoms with Crippen LogP contribution in [0.1, 0.15) is 6.92 Å². The Balaban J connectivity index is 1.35. The number of aromatic nitrogens is 5. The highest BCUT2D eigenvalue weighted by atomic mass is 15.3. The number of nitrogens with zero attached hydrogens (tertiary/aromatic N) is 7. The van der Waals surface area contributed by atoms with E-state index < -0.39 is 0 Å². The third kappa shape index (κ3) is 3.11. The van der Waals surface area contributed by atoms with Crippen molar-refractivity contribution in [1.29, 1.82) is 0 Å². The normalized spacial score (nSPS) is 15.4. The zero-order chi connectivity index (χ0) is 18.9. The molecule has 1 aliphatic rings. The molecule has 5 rings (SSSR count). The van der Waals surface area contributed by atoms with E-state index in [1.165, 1.54) is 5.69 Å². The molecule has 1 N–H and O–H groups in total. The molecule has 8 nitrogen and oxygen atoms in total. The Labute approximate surface area is 162 Å². The maximum atomic E-state index is 4.65. The molecular weight excluding hydrogens is 352 g/mol. The predicted molar refractivity (Wildman–Crippen MR) is 110 cm³/mol. The molecule has 0 radical (unpaired) electrons. The van der Waals surface area contributed by atoms with Crippen LogP contribution in [-0.2, 0) is 0 Å². The lowest BCUT2D eigenvalue weighted by atomic mass is 10.2. The maximum Gasteiger partial charge on any atom is 0.229 e. The minimum atomic E-state index is 0.554. The highest BCUT2D eigenvalue weighted by molar-refractivity contribution is 5.78. The lowest BCUT2D eigenvalue weighted by molar-refractivity contribution is 0.271. The van der Waals surface area contributed by atoms with Crippen LogP contribution in [0.3, 0.4) is 0 Å². The van der Waals surface area contributed by atoms with E-state index in [-0.39, 0.29) is 0 Å². The summed E-state index contributed by atoms with van der Waals surface area (Å²) in [5.74, 6) is 0.554. The topological polar surface area (TPSA) is 74.5 Å². The van der Waals surface area contributed by atoms with Crippen LogP contribution in [0.2, 0.25) is 0 Å². The summed E-state index contributed by atoms with van der Waals surface area (Å²) in [5, 5.41) is 12.3. The van der Waals surface area contributed by atoms with Gasteiger partial charge in [0.25, 0.3) is 0 Å². The fourth-order valence-electron chi connectivity index (χ4n) is 3.64. The van der Waals surface area contributed by atoms with Crippen molar-refractivity contribution in [3.8, 4) is 0 Å². The molecule has 0 unspecified atom stereocenters. The second kappa shape index (κ2) is 7.05. The minimum Gasteiger partial charge on any atom is -0.369 e. The van der Waals surface area contributed by atoms with Gasteiger partial charge in [-0.1, -0.05) is 6.92 Å². The lowest BCUT2D eigenvalue weighted by Crippen LogP contribution is -2.46. The van der Waals surface area contributed by atoms with E-state index in [0.29, 0.717) is 5.95 Å². The number of fused-ring (bicyclic) bond motifs is 3. The van der Waals surface area contributed by atoms with Crippen LogP contribution in [0.4, 0.5) is 17.3 Å². The molecule has 1 aromatic carbocycles. The molecule has 1 saturated heterocycles. The molecule has 1 fully saturated rings. The predicted octanol–water partition coefficient (Wildman–Crippen LogP) is 2.56. The molecule has 0 amide bonds. The van der Waals surface area contributed by atoms with Gasteiger partial charge in [0.15, 0.2) is 11.3 Å². The Hall–Kier alpha value is -3.26. The number of hydrogen-bond donors (Lipinski definition) is 1. The summed E-state index contributed by atoms with van der Waals surface area (Å²) in [7, 11) is 0. The Bertz CT molecular complexity index is 1100. The van der Waals surface area contributed by atoms with E-state index in [9.17, 15) is 0 Å². The van der Waals surface area contributed by atoms with Gasteiger partial charge in [0, 0.05) is 49.1 Å². The van der Waals surface area contributed by atoms with Gasteiger partial charge < -0.3 is 15.1 Å². The summed E-state index contributed by atoms with van der Waals surface area (Å²) in [6.45, 7) is 7.74. The first-order chi connectivity index (χ1) is 13.8. The van der Waals surface area contributed by atoms with Gasteiger partial charge >= 0.3 is 0 Å². The largest absolute Gasteiger partial charge is 0.369 e. The standard InChI is InChI=1S/C20H22N8/c1-2-26-9-11-27(12-10-26)17-6-4-16(5-7-17)23-20-21-13-15-3-8-18-25-22-14-28(18)19(15)24-20/h3-8,13-14H,2,9-12H2,1H3,(H,21,23,24). The second-order valence-corrected chi connectivity index (χ2v) is 6.96. The van der Waals surface area contributed by atoms with E-state index in [2.05, 4.69) is 66.5 Å². The van der Waals surface area contributed by atoms with Crippen molar-refractivity contribution in [3.05, 3.63) is 48.9 Å². The Morgan fingerprint density at radius 1 is 1.00 bits per heavy atom. The van der Waals surface area contributed by atoms with Crippen molar-refractivity contribution in [3.63, 3.8) is 0 Å². The van der Waals surface area contributed by atoms with Crippen molar-refractivity contribution in [2.45, 2.75) is 6.92 Å². The SMILES string of the molecule is CCN1CCN(c2ccc(Nc3ncc4ccc5nncn5c4n3)cc2)CC1. The van der Waals surface area contributed by atoms with Crippen LogP contribution < -0.4 is 10.2 Å². The number of rotatable bonds is 4. The first-order valence-electron chi connectivity index (χ1n) is 9.60. The zero-order valence-corrected chi connectivity index (χ0v) is 15.8. The fourth-order valence-corrected chi connectivity index (χ4v) is 3.64. The van der Waals surface area contributed by atoms with E-state index in [1.807, 2.05) is 22.7 Å². The summed E-state index contributed by atoms with van der Waals surface area (Å²) >= 11 is 0. The highest BCUT2D eigenvalue weighted by Gasteiger charge is 2.15. The molecule has 28 heavy (non-hydrogen) atoms. The van der Waals surface area contributed by atoms with Gasteiger partial charge in [0.1, 0.15) is 6.33 Å². The van der Waals surface area contributed by atoms with Crippen LogP contribution in [-0.4, -0.2) is 62.2 Å². The van der Waals surface area contributed by atoms with E-state index >= 15 is 0 Å². The van der Waals surface area contributed by atoms with Crippen molar-refractivity contribution in [2.24, 2.45) is 0 Å². The number of piperazine rings is 1. The van der Waals surface area contributed by atoms with Gasteiger partial charge in [-0.25, -0.2) is 4.98 Å². The number of hydrogen-bond acceptors (Lipinski definition) is 7. The van der Waals surface area contributed by atoms with Gasteiger partial charge in [0.2, 0.25) is 5.95 Å². The maximum absolute atomic E-state index is 4.65. The van der Waals surface area contributed by atoms with Gasteiger partial charge in [-0.3, -0.25) is 4.40 Å². The monoisotopic (exact) mass is 374 g/mol. The molecule has 0 atom stereocenters. The first kappa shape index (κ1) is 16.9. The molecule has 0 spiro atoms. The van der Waals surface area contributed by atoms with E-state index in [4.69, 9.17) is 0 Å². The van der Waals surface area contributed by atoms with Gasteiger partial charge in [0.05, 0.1) is 0 Å². The summed E-state index contributed by atoms with van der Waals surface area (Å²) in [5.41, 5.74) is 3.77. The summed E-state index contributed by atoms with van der Waals surface area (Å²) in [6, 6.07) is 12.3. The third-order valence-corrected chi connectivity index (χ3v) is 5.32. The number of pyridine rings is 1. The summed E-state index contributed by atoms with van der Waals surface area (Å²) < 4.78 is 1.86. The van der Waals surface area contributed by atoms with Crippen LogP contribution >= 0.6 is 0 Å². The number of nitrogens with one attached hydrogen (secondary N) is 1. The van der Waals surface area contributed by atoms with Crippen molar-refractivity contribution in [1.82, 2.24) is 29.5 Å². The smallest absolute Gasteiger partial charge is 0.229 e. The number of benzene rings is 1. The molecule has 0 bridgehead atoms. The van der Waals surface area contributed by atoms with Crippen LogP contribution in [0, 0.1) is 0 Å². The second-order valence-electron chi connectivity index (χ2n) is 6.96.